The van der Waals surface area contributed by atoms with E-state index in [2.05, 4.69) is 37.2 Å². The van der Waals surface area contributed by atoms with Gasteiger partial charge in [-0.15, -0.1) is 0 Å². The van der Waals surface area contributed by atoms with E-state index in [-0.39, 0.29) is 23.4 Å². The van der Waals surface area contributed by atoms with Crippen molar-refractivity contribution in [3.63, 3.8) is 0 Å². The van der Waals surface area contributed by atoms with Crippen molar-refractivity contribution in [3.05, 3.63) is 47.2 Å². The first-order valence-electron chi connectivity index (χ1n) is 7.97. The number of carbonyl (C=O) groups excluding carboxylic acids is 3. The first-order chi connectivity index (χ1) is 12.9. The molecule has 144 valence electrons. The van der Waals surface area contributed by atoms with Gasteiger partial charge >= 0.3 is 5.97 Å². The zero-order valence-electron chi connectivity index (χ0n) is 14.2. The van der Waals surface area contributed by atoms with Crippen molar-refractivity contribution >= 4 is 60.4 Å². The Morgan fingerprint density at radius 1 is 1.30 bits per heavy atom. The Bertz CT molecular complexity index is 845. The van der Waals surface area contributed by atoms with E-state index in [9.17, 15) is 18.6 Å². The van der Waals surface area contributed by atoms with Gasteiger partial charge in [0, 0.05) is 5.33 Å². The fourth-order valence-electron chi connectivity index (χ4n) is 3.05. The number of rotatable bonds is 5. The van der Waals surface area contributed by atoms with Crippen molar-refractivity contribution in [1.82, 2.24) is 10.2 Å². The molecule has 3 unspecified atom stereocenters. The third-order valence-corrected chi connectivity index (χ3v) is 8.26. The normalized spacial score (nSPS) is 26.9. The number of hydrogen-bond donors (Lipinski definition) is 1. The molecule has 1 aromatic carbocycles. The molecule has 1 aromatic rings. The predicted octanol–water partition coefficient (Wildman–Crippen LogP) is 1.19. The quantitative estimate of drug-likeness (QED) is 0.358. The van der Waals surface area contributed by atoms with Crippen molar-refractivity contribution in [1.29, 1.82) is 0 Å². The van der Waals surface area contributed by atoms with Crippen LogP contribution in [-0.2, 0) is 36.3 Å². The van der Waals surface area contributed by atoms with Crippen LogP contribution < -0.4 is 5.32 Å². The van der Waals surface area contributed by atoms with E-state index in [0.717, 1.165) is 5.56 Å². The molecule has 10 heteroatoms. The number of β-lactam (4-membered cyclic amide) rings is 1. The van der Waals surface area contributed by atoms with E-state index in [0.29, 0.717) is 5.57 Å². The minimum absolute atomic E-state index is 0.0689. The lowest BCUT2D eigenvalue weighted by Crippen LogP contribution is -2.74. The number of benzene rings is 1. The largest absolute Gasteiger partial charge is 0.464 e. The maximum Gasteiger partial charge on any atom is 0.354 e. The summed E-state index contributed by atoms with van der Waals surface area (Å²) in [4.78, 5) is 38.3. The van der Waals surface area contributed by atoms with Crippen molar-refractivity contribution < 1.29 is 23.3 Å². The summed E-state index contributed by atoms with van der Waals surface area (Å²) in [5.74, 6) is -1.51. The molecule has 1 N–H and O–H groups in total. The second-order valence-electron chi connectivity index (χ2n) is 5.95. The lowest BCUT2D eigenvalue weighted by Gasteiger charge is -2.50. The smallest absolute Gasteiger partial charge is 0.354 e. The second kappa shape index (κ2) is 8.24. The highest BCUT2D eigenvalue weighted by atomic mass is 79.9. The highest BCUT2D eigenvalue weighted by molar-refractivity contribution is 9.11. The standard InChI is InChI=1S/C17H16Br2N2O5S/c1-26-17(24)13-10(8-18)14(19)27(25)16-12(15(23)21(13)16)20-11(22)7-9-5-3-2-4-6-9/h2-6,12,14,16H,7-8H2,1H3,(H,20,22)/t12?,14?,16-,27?/m0/s1. The summed E-state index contributed by atoms with van der Waals surface area (Å²) in [5.41, 5.74) is 1.34. The molecule has 0 bridgehead atoms. The number of esters is 1. The maximum absolute atomic E-state index is 12.8. The molecule has 4 atom stereocenters. The molecule has 0 radical (unpaired) electrons. The summed E-state index contributed by atoms with van der Waals surface area (Å²) in [6.07, 6.45) is 0.105. The third kappa shape index (κ3) is 3.62. The molecule has 2 heterocycles. The van der Waals surface area contributed by atoms with Crippen LogP contribution in [0.4, 0.5) is 0 Å². The van der Waals surface area contributed by atoms with E-state index < -0.39 is 38.3 Å². The van der Waals surface area contributed by atoms with Gasteiger partial charge in [-0.2, -0.15) is 0 Å². The highest BCUT2D eigenvalue weighted by Crippen LogP contribution is 2.40. The molecule has 0 aromatic heterocycles. The van der Waals surface area contributed by atoms with Gasteiger partial charge in [0.1, 0.15) is 21.3 Å². The van der Waals surface area contributed by atoms with E-state index in [1.807, 2.05) is 30.3 Å². The number of alkyl halides is 2. The fraction of sp³-hybridized carbons (Fsp3) is 0.353. The van der Waals surface area contributed by atoms with Crippen LogP contribution in [0.2, 0.25) is 0 Å². The van der Waals surface area contributed by atoms with Crippen LogP contribution in [0.25, 0.3) is 0 Å². The number of nitrogens with one attached hydrogen (secondary N) is 1. The maximum atomic E-state index is 12.8. The van der Waals surface area contributed by atoms with Crippen LogP contribution in [0.15, 0.2) is 41.6 Å². The Kier molecular flexibility index (Phi) is 6.17. The number of nitrogens with zero attached hydrogens (tertiary/aromatic N) is 1. The molecule has 2 aliphatic heterocycles. The summed E-state index contributed by atoms with van der Waals surface area (Å²) in [6.45, 7) is 0. The first-order valence-corrected chi connectivity index (χ1v) is 11.3. The van der Waals surface area contributed by atoms with Crippen LogP contribution >= 0.6 is 31.9 Å². The molecule has 27 heavy (non-hydrogen) atoms. The van der Waals surface area contributed by atoms with E-state index in [1.54, 1.807) is 0 Å². The van der Waals surface area contributed by atoms with Crippen LogP contribution in [0, 0.1) is 0 Å². The van der Waals surface area contributed by atoms with Crippen LogP contribution in [0.1, 0.15) is 5.56 Å². The van der Waals surface area contributed by atoms with Gasteiger partial charge in [-0.3, -0.25) is 18.7 Å². The molecule has 1 fully saturated rings. The Morgan fingerprint density at radius 2 is 1.96 bits per heavy atom. The molecule has 0 aliphatic carbocycles. The van der Waals surface area contributed by atoms with Crippen LogP contribution in [0.3, 0.4) is 0 Å². The summed E-state index contributed by atoms with van der Waals surface area (Å²) in [6, 6.07) is 8.15. The lowest BCUT2D eigenvalue weighted by molar-refractivity contribution is -0.152. The van der Waals surface area contributed by atoms with Gasteiger partial charge in [-0.05, 0) is 11.1 Å². The average Bonchev–Trinajstić information content (AvgIpc) is 2.67. The molecular weight excluding hydrogens is 504 g/mol. The number of hydrogen-bond acceptors (Lipinski definition) is 5. The molecule has 0 saturated carbocycles. The Balaban J connectivity index is 1.82. The lowest BCUT2D eigenvalue weighted by atomic mass is 10.0. The minimum Gasteiger partial charge on any atom is -0.464 e. The average molecular weight is 520 g/mol. The monoisotopic (exact) mass is 518 g/mol. The first kappa shape index (κ1) is 20.2. The molecule has 2 aliphatic rings. The summed E-state index contributed by atoms with van der Waals surface area (Å²) < 4.78 is 17.0. The fourth-order valence-corrected chi connectivity index (χ4v) is 6.92. The van der Waals surface area contributed by atoms with E-state index in [4.69, 9.17) is 4.74 Å². The van der Waals surface area contributed by atoms with Crippen molar-refractivity contribution in [3.8, 4) is 0 Å². The van der Waals surface area contributed by atoms with Gasteiger partial charge in [0.05, 0.1) is 24.3 Å². The SMILES string of the molecule is COC(=O)C1=C(CBr)C(Br)S(=O)[C@H]2C(NC(=O)Cc3ccccc3)C(=O)N12. The molecular formula is C17H16Br2N2O5S. The Morgan fingerprint density at radius 3 is 2.56 bits per heavy atom. The number of fused-ring (bicyclic) bond motifs is 1. The number of ether oxygens (including phenoxy) is 1. The van der Waals surface area contributed by atoms with Crippen molar-refractivity contribution in [2.24, 2.45) is 0 Å². The topological polar surface area (TPSA) is 92.8 Å². The van der Waals surface area contributed by atoms with E-state index >= 15 is 0 Å². The number of carbonyl (C=O) groups is 3. The minimum atomic E-state index is -1.54. The zero-order chi connectivity index (χ0) is 19.7. The summed E-state index contributed by atoms with van der Waals surface area (Å²) in [5, 5.41) is 2.07. The zero-order valence-corrected chi connectivity index (χ0v) is 18.2. The van der Waals surface area contributed by atoms with Gasteiger partial charge in [-0.25, -0.2) is 4.79 Å². The number of halogens is 2. The van der Waals surface area contributed by atoms with Crippen molar-refractivity contribution in [2.45, 2.75) is 22.0 Å². The molecule has 3 rings (SSSR count). The van der Waals surface area contributed by atoms with Gasteiger partial charge in [-0.1, -0.05) is 62.2 Å². The predicted molar refractivity (Wildman–Crippen MR) is 106 cm³/mol. The van der Waals surface area contributed by atoms with E-state index in [1.165, 1.54) is 12.0 Å². The van der Waals surface area contributed by atoms with Gasteiger partial charge < -0.3 is 10.1 Å². The van der Waals surface area contributed by atoms with Crippen LogP contribution in [-0.4, -0.2) is 54.9 Å². The second-order valence-corrected chi connectivity index (χ2v) is 9.64. The Labute approximate surface area is 175 Å². The Hall–Kier alpha value is -1.52. The molecule has 2 amide bonds. The van der Waals surface area contributed by atoms with Gasteiger partial charge in [0.25, 0.3) is 5.91 Å². The van der Waals surface area contributed by atoms with Gasteiger partial charge in [0.15, 0.2) is 0 Å². The number of amides is 2. The molecule has 0 spiro atoms. The summed E-state index contributed by atoms with van der Waals surface area (Å²) >= 11 is 6.60. The van der Waals surface area contributed by atoms with Crippen molar-refractivity contribution in [2.75, 3.05) is 12.4 Å². The van der Waals surface area contributed by atoms with Gasteiger partial charge in [0.2, 0.25) is 5.91 Å². The highest BCUT2D eigenvalue weighted by Gasteiger charge is 2.59. The summed E-state index contributed by atoms with van der Waals surface area (Å²) in [7, 11) is -0.328. The third-order valence-electron chi connectivity index (χ3n) is 4.35. The van der Waals surface area contributed by atoms with Crippen LogP contribution in [0.5, 0.6) is 0 Å². The number of methoxy groups -OCH3 is 1. The molecule has 1 saturated heterocycles. The molecule has 7 nitrogen and oxygen atoms in total.